The average Bonchev–Trinajstić information content (AvgIpc) is 2.63. The third kappa shape index (κ3) is 3.07. The molecule has 2 rings (SSSR count). The minimum Gasteiger partial charge on any atom is -0.339 e. The zero-order valence-corrected chi connectivity index (χ0v) is 10.1. The first kappa shape index (κ1) is 11.7. The van der Waals surface area contributed by atoms with Gasteiger partial charge in [-0.15, -0.1) is 0 Å². The summed E-state index contributed by atoms with van der Waals surface area (Å²) in [7, 11) is 0. The van der Waals surface area contributed by atoms with Gasteiger partial charge in [0.15, 0.2) is 0 Å². The van der Waals surface area contributed by atoms with Crippen molar-refractivity contribution in [1.29, 1.82) is 0 Å². The minimum atomic E-state index is -0.370. The lowest BCUT2D eigenvalue weighted by Crippen LogP contribution is -2.34. The van der Waals surface area contributed by atoms with Crippen LogP contribution in [0.5, 0.6) is 0 Å². The van der Waals surface area contributed by atoms with Gasteiger partial charge in [0.25, 0.3) is 0 Å². The molecule has 0 radical (unpaired) electrons. The molecule has 0 aliphatic heterocycles. The van der Waals surface area contributed by atoms with Gasteiger partial charge in [-0.1, -0.05) is 5.16 Å². The van der Waals surface area contributed by atoms with Crippen molar-refractivity contribution in [3.63, 3.8) is 0 Å². The average molecular weight is 233 g/mol. The monoisotopic (exact) mass is 233 g/mol. The van der Waals surface area contributed by atoms with Gasteiger partial charge in [0.05, 0.1) is 0 Å². The Balaban J connectivity index is 2.24. The number of aromatic nitrogens is 4. The first-order valence-corrected chi connectivity index (χ1v) is 5.35. The Bertz CT molecular complexity index is 515. The summed E-state index contributed by atoms with van der Waals surface area (Å²) in [4.78, 5) is 12.5. The van der Waals surface area contributed by atoms with E-state index < -0.39 is 0 Å². The van der Waals surface area contributed by atoms with Gasteiger partial charge < -0.3 is 10.3 Å². The fourth-order valence-corrected chi connectivity index (χ4v) is 1.40. The van der Waals surface area contributed by atoms with E-state index in [-0.39, 0.29) is 5.54 Å². The molecule has 0 atom stereocenters. The second-order valence-corrected chi connectivity index (χ2v) is 4.67. The Kier molecular flexibility index (Phi) is 2.89. The number of nitrogens with two attached hydrogens (primary N) is 1. The number of hydrogen-bond donors (Lipinski definition) is 1. The highest BCUT2D eigenvalue weighted by atomic mass is 16.5. The van der Waals surface area contributed by atoms with Crippen molar-refractivity contribution >= 4 is 0 Å². The molecule has 2 heterocycles. The van der Waals surface area contributed by atoms with Crippen LogP contribution in [0, 0.1) is 6.92 Å². The van der Waals surface area contributed by atoms with E-state index in [1.807, 2.05) is 20.8 Å². The molecular weight excluding hydrogens is 218 g/mol. The topological polar surface area (TPSA) is 90.7 Å². The molecule has 2 aromatic rings. The van der Waals surface area contributed by atoms with Crippen LogP contribution >= 0.6 is 0 Å². The maximum Gasteiger partial charge on any atom is 0.228 e. The summed E-state index contributed by atoms with van der Waals surface area (Å²) in [6, 6.07) is 1.75. The van der Waals surface area contributed by atoms with Crippen molar-refractivity contribution in [1.82, 2.24) is 20.1 Å². The molecule has 0 amide bonds. The van der Waals surface area contributed by atoms with Crippen LogP contribution in [0.4, 0.5) is 0 Å². The van der Waals surface area contributed by atoms with Crippen LogP contribution < -0.4 is 5.73 Å². The highest BCUT2D eigenvalue weighted by Gasteiger charge is 2.18. The Morgan fingerprint density at radius 2 is 2.12 bits per heavy atom. The van der Waals surface area contributed by atoms with Crippen molar-refractivity contribution in [2.45, 2.75) is 32.7 Å². The fraction of sp³-hybridized carbons (Fsp3) is 0.455. The second kappa shape index (κ2) is 4.21. The molecule has 0 aliphatic rings. The minimum absolute atomic E-state index is 0.370. The van der Waals surface area contributed by atoms with E-state index in [9.17, 15) is 0 Å². The molecule has 0 fully saturated rings. The lowest BCUT2D eigenvalue weighted by atomic mass is 10.0. The zero-order chi connectivity index (χ0) is 12.5. The van der Waals surface area contributed by atoms with Crippen molar-refractivity contribution in [3.05, 3.63) is 24.0 Å². The van der Waals surface area contributed by atoms with Crippen LogP contribution in [0.1, 0.15) is 25.6 Å². The Labute approximate surface area is 99.3 Å². The predicted molar refractivity (Wildman–Crippen MR) is 62.0 cm³/mol. The molecule has 0 bridgehead atoms. The number of hydrogen-bond acceptors (Lipinski definition) is 6. The summed E-state index contributed by atoms with van der Waals surface area (Å²) >= 11 is 0. The van der Waals surface area contributed by atoms with E-state index in [4.69, 9.17) is 10.3 Å². The summed E-state index contributed by atoms with van der Waals surface area (Å²) in [5.74, 6) is 1.66. The maximum atomic E-state index is 5.89. The molecule has 0 unspecified atom stereocenters. The standard InChI is InChI=1S/C11H15N5O/c1-7-13-5-4-8(14-7)10-15-9(17-16-10)6-11(2,3)12/h4-5H,6,12H2,1-3H3. The summed E-state index contributed by atoms with van der Waals surface area (Å²) in [6.07, 6.45) is 2.20. The smallest absolute Gasteiger partial charge is 0.228 e. The van der Waals surface area contributed by atoms with E-state index in [0.29, 0.717) is 29.7 Å². The van der Waals surface area contributed by atoms with Gasteiger partial charge >= 0.3 is 0 Å². The lowest BCUT2D eigenvalue weighted by Gasteiger charge is -2.14. The molecule has 0 saturated heterocycles. The van der Waals surface area contributed by atoms with Crippen molar-refractivity contribution in [3.8, 4) is 11.5 Å². The third-order valence-corrected chi connectivity index (χ3v) is 2.08. The quantitative estimate of drug-likeness (QED) is 0.854. The van der Waals surface area contributed by atoms with Crippen LogP contribution in [0.3, 0.4) is 0 Å². The first-order chi connectivity index (χ1) is 7.94. The SMILES string of the molecule is Cc1nccc(-c2noc(CC(C)(C)N)n2)n1. The van der Waals surface area contributed by atoms with Crippen LogP contribution in [-0.2, 0) is 6.42 Å². The Hall–Kier alpha value is -1.82. The van der Waals surface area contributed by atoms with Crippen molar-refractivity contribution in [2.24, 2.45) is 5.73 Å². The van der Waals surface area contributed by atoms with E-state index in [1.54, 1.807) is 12.3 Å². The summed E-state index contributed by atoms with van der Waals surface area (Å²) in [5.41, 5.74) is 6.17. The van der Waals surface area contributed by atoms with Crippen LogP contribution in [0.2, 0.25) is 0 Å². The van der Waals surface area contributed by atoms with Gasteiger partial charge in [-0.25, -0.2) is 9.97 Å². The maximum absolute atomic E-state index is 5.89. The van der Waals surface area contributed by atoms with Gasteiger partial charge in [-0.3, -0.25) is 0 Å². The Morgan fingerprint density at radius 3 is 2.76 bits per heavy atom. The first-order valence-electron chi connectivity index (χ1n) is 5.35. The molecule has 17 heavy (non-hydrogen) atoms. The highest BCUT2D eigenvalue weighted by molar-refractivity contribution is 5.46. The summed E-state index contributed by atoms with van der Waals surface area (Å²) < 4.78 is 5.13. The molecule has 90 valence electrons. The van der Waals surface area contributed by atoms with Gasteiger partial charge in [-0.05, 0) is 26.8 Å². The molecule has 0 aliphatic carbocycles. The normalized spacial score (nSPS) is 11.8. The number of aryl methyl sites for hydroxylation is 1. The molecule has 0 aromatic carbocycles. The summed E-state index contributed by atoms with van der Waals surface area (Å²) in [5, 5.41) is 3.88. The molecule has 2 N–H and O–H groups in total. The lowest BCUT2D eigenvalue weighted by molar-refractivity contribution is 0.348. The van der Waals surface area contributed by atoms with Crippen LogP contribution in [0.25, 0.3) is 11.5 Å². The van der Waals surface area contributed by atoms with Gasteiger partial charge in [0.2, 0.25) is 11.7 Å². The van der Waals surface area contributed by atoms with Crippen molar-refractivity contribution in [2.75, 3.05) is 0 Å². The molecule has 0 spiro atoms. The fourth-order valence-electron chi connectivity index (χ4n) is 1.40. The van der Waals surface area contributed by atoms with Crippen LogP contribution in [-0.4, -0.2) is 25.6 Å². The van der Waals surface area contributed by atoms with E-state index in [2.05, 4.69) is 20.1 Å². The molecule has 6 heteroatoms. The molecule has 0 saturated carbocycles. The summed E-state index contributed by atoms with van der Waals surface area (Å²) in [6.45, 7) is 5.63. The van der Waals surface area contributed by atoms with E-state index in [0.717, 1.165) is 0 Å². The van der Waals surface area contributed by atoms with Gasteiger partial charge in [0.1, 0.15) is 11.5 Å². The van der Waals surface area contributed by atoms with E-state index in [1.165, 1.54) is 0 Å². The largest absolute Gasteiger partial charge is 0.339 e. The van der Waals surface area contributed by atoms with Crippen molar-refractivity contribution < 1.29 is 4.52 Å². The third-order valence-electron chi connectivity index (χ3n) is 2.08. The van der Waals surface area contributed by atoms with Gasteiger partial charge in [-0.2, -0.15) is 4.98 Å². The molecule has 6 nitrogen and oxygen atoms in total. The molecular formula is C11H15N5O. The number of rotatable bonds is 3. The number of nitrogens with zero attached hydrogens (tertiary/aromatic N) is 4. The second-order valence-electron chi connectivity index (χ2n) is 4.67. The van der Waals surface area contributed by atoms with E-state index >= 15 is 0 Å². The van der Waals surface area contributed by atoms with Crippen LogP contribution in [0.15, 0.2) is 16.8 Å². The molecule has 2 aromatic heterocycles. The van der Waals surface area contributed by atoms with Gasteiger partial charge in [0, 0.05) is 18.2 Å². The zero-order valence-electron chi connectivity index (χ0n) is 10.1. The Morgan fingerprint density at radius 1 is 1.35 bits per heavy atom. The highest BCUT2D eigenvalue weighted by Crippen LogP contribution is 2.14. The predicted octanol–water partition coefficient (Wildman–Crippen LogP) is 1.11.